The van der Waals surface area contributed by atoms with Gasteiger partial charge in [0.2, 0.25) is 0 Å². The van der Waals surface area contributed by atoms with Gasteiger partial charge in [-0.15, -0.1) is 23.1 Å². The lowest BCUT2D eigenvalue weighted by Gasteiger charge is -2.10. The number of nitrogens with one attached hydrogen (secondary N) is 2. The minimum absolute atomic E-state index is 0.318. The lowest BCUT2D eigenvalue weighted by Crippen LogP contribution is -2.41. The summed E-state index contributed by atoms with van der Waals surface area (Å²) in [5.41, 5.74) is 8.04. The molecular formula is C24H20FN3O3S2. The summed E-state index contributed by atoms with van der Waals surface area (Å²) in [6.07, 6.45) is 0. The molecule has 0 fully saturated rings. The van der Waals surface area contributed by atoms with Gasteiger partial charge in [-0.25, -0.2) is 4.39 Å². The van der Waals surface area contributed by atoms with Gasteiger partial charge in [-0.3, -0.25) is 20.4 Å². The highest BCUT2D eigenvalue weighted by Crippen LogP contribution is 2.29. The topological polar surface area (TPSA) is 84.2 Å². The summed E-state index contributed by atoms with van der Waals surface area (Å²) in [5.74, 6) is 0.202. The van der Waals surface area contributed by atoms with E-state index in [9.17, 15) is 14.0 Å². The molecule has 168 valence electrons. The third-order valence-corrected chi connectivity index (χ3v) is 7.17. The third kappa shape index (κ3) is 5.32. The maximum Gasteiger partial charge on any atom is 0.279 e. The number of amides is 2. The molecule has 2 heterocycles. The van der Waals surface area contributed by atoms with Gasteiger partial charge in [-0.1, -0.05) is 29.4 Å². The molecule has 4 rings (SSSR count). The van der Waals surface area contributed by atoms with E-state index in [0.717, 1.165) is 32.4 Å². The maximum atomic E-state index is 13.1. The Morgan fingerprint density at radius 2 is 1.73 bits per heavy atom. The van der Waals surface area contributed by atoms with Gasteiger partial charge in [0.25, 0.3) is 11.8 Å². The van der Waals surface area contributed by atoms with Crippen LogP contribution >= 0.6 is 23.1 Å². The molecule has 4 aromatic rings. The van der Waals surface area contributed by atoms with E-state index in [0.29, 0.717) is 16.2 Å². The molecule has 0 spiro atoms. The highest BCUT2D eigenvalue weighted by atomic mass is 32.2. The zero-order chi connectivity index (χ0) is 23.4. The summed E-state index contributed by atoms with van der Waals surface area (Å²) in [7, 11) is 0. The van der Waals surface area contributed by atoms with Crippen LogP contribution in [0.5, 0.6) is 0 Å². The number of carbonyl (C=O) groups excluding carboxylic acids is 2. The molecule has 0 atom stereocenters. The van der Waals surface area contributed by atoms with Crippen LogP contribution in [0.3, 0.4) is 0 Å². The molecule has 0 saturated heterocycles. The molecule has 33 heavy (non-hydrogen) atoms. The van der Waals surface area contributed by atoms with Crippen molar-refractivity contribution in [2.45, 2.75) is 24.5 Å². The third-order valence-electron chi connectivity index (χ3n) is 4.93. The zero-order valence-electron chi connectivity index (χ0n) is 17.8. The number of halogens is 1. The van der Waals surface area contributed by atoms with E-state index in [1.54, 1.807) is 36.4 Å². The molecule has 2 aromatic carbocycles. The maximum absolute atomic E-state index is 13.1. The second-order valence-electron chi connectivity index (χ2n) is 7.17. The molecule has 6 nitrogen and oxygen atoms in total. The van der Waals surface area contributed by atoms with E-state index in [1.807, 2.05) is 26.0 Å². The van der Waals surface area contributed by atoms with E-state index in [4.69, 9.17) is 4.52 Å². The second-order valence-corrected chi connectivity index (χ2v) is 9.27. The number of aryl methyl sites for hydroxylation is 2. The molecule has 0 saturated carbocycles. The number of carbonyl (C=O) groups is 2. The fraction of sp³-hybridized carbons (Fsp3) is 0.125. The molecule has 2 aromatic heterocycles. The number of hydrazine groups is 1. The van der Waals surface area contributed by atoms with Crippen LogP contribution in [-0.2, 0) is 5.75 Å². The average molecular weight is 482 g/mol. The molecule has 0 aliphatic carbocycles. The van der Waals surface area contributed by atoms with Crippen LogP contribution in [0.15, 0.2) is 70.1 Å². The Bertz CT molecular complexity index is 1280. The Morgan fingerprint density at radius 1 is 1.00 bits per heavy atom. The van der Waals surface area contributed by atoms with Crippen LogP contribution in [0.25, 0.3) is 10.4 Å². The first-order chi connectivity index (χ1) is 15.9. The number of thiophene rings is 1. The first-order valence-electron chi connectivity index (χ1n) is 10.0. The highest BCUT2D eigenvalue weighted by molar-refractivity contribution is 7.98. The Hall–Kier alpha value is -3.43. The second kappa shape index (κ2) is 10.0. The summed E-state index contributed by atoms with van der Waals surface area (Å²) in [5, 5.41) is 3.96. The molecule has 0 aliphatic rings. The SMILES string of the molecule is Cc1noc(C)c1CSc1ccccc1C(=O)NNC(=O)c1ccc(-c2ccc(F)cc2)s1. The summed E-state index contributed by atoms with van der Waals surface area (Å²) in [4.78, 5) is 27.3. The quantitative estimate of drug-likeness (QED) is 0.280. The van der Waals surface area contributed by atoms with Crippen molar-refractivity contribution in [2.24, 2.45) is 0 Å². The predicted octanol–water partition coefficient (Wildman–Crippen LogP) is 5.53. The summed E-state index contributed by atoms with van der Waals surface area (Å²) < 4.78 is 18.3. The number of aromatic nitrogens is 1. The van der Waals surface area contributed by atoms with Gasteiger partial charge in [0.1, 0.15) is 11.6 Å². The van der Waals surface area contributed by atoms with E-state index in [1.165, 1.54) is 35.2 Å². The van der Waals surface area contributed by atoms with Crippen molar-refractivity contribution in [1.82, 2.24) is 16.0 Å². The Labute approximate surface area is 198 Å². The standard InChI is InChI=1S/C24H20FN3O3S2/c1-14-19(15(2)31-28-14)13-32-21-6-4-3-5-18(21)23(29)26-27-24(30)22-12-11-20(33-22)16-7-9-17(25)10-8-16/h3-12H,13H2,1-2H3,(H,26,29)(H,27,30). The van der Waals surface area contributed by atoms with Gasteiger partial charge in [0.15, 0.2) is 0 Å². The molecule has 0 bridgehead atoms. The summed E-state index contributed by atoms with van der Waals surface area (Å²) >= 11 is 2.75. The smallest absolute Gasteiger partial charge is 0.279 e. The number of hydrogen-bond acceptors (Lipinski definition) is 6. The number of nitrogens with zero attached hydrogens (tertiary/aromatic N) is 1. The number of benzene rings is 2. The summed E-state index contributed by atoms with van der Waals surface area (Å²) in [6, 6.07) is 16.7. The Kier molecular flexibility index (Phi) is 6.90. The van der Waals surface area contributed by atoms with Gasteiger partial charge < -0.3 is 4.52 Å². The lowest BCUT2D eigenvalue weighted by molar-refractivity contribution is 0.0847. The predicted molar refractivity (Wildman–Crippen MR) is 127 cm³/mol. The molecular weight excluding hydrogens is 461 g/mol. The minimum Gasteiger partial charge on any atom is -0.361 e. The lowest BCUT2D eigenvalue weighted by atomic mass is 10.2. The molecule has 0 aliphatic heterocycles. The van der Waals surface area contributed by atoms with Gasteiger partial charge >= 0.3 is 0 Å². The first kappa shape index (κ1) is 22.8. The number of thioether (sulfide) groups is 1. The van der Waals surface area contributed by atoms with E-state index in [-0.39, 0.29) is 5.82 Å². The molecule has 2 N–H and O–H groups in total. The van der Waals surface area contributed by atoms with E-state index < -0.39 is 11.8 Å². The van der Waals surface area contributed by atoms with Gasteiger partial charge in [-0.2, -0.15) is 0 Å². The molecule has 0 unspecified atom stereocenters. The van der Waals surface area contributed by atoms with Crippen molar-refractivity contribution < 1.29 is 18.5 Å². The van der Waals surface area contributed by atoms with Crippen LogP contribution in [-0.4, -0.2) is 17.0 Å². The first-order valence-corrected chi connectivity index (χ1v) is 11.8. The van der Waals surface area contributed by atoms with Gasteiger partial charge in [0, 0.05) is 21.1 Å². The van der Waals surface area contributed by atoms with Crippen molar-refractivity contribution in [1.29, 1.82) is 0 Å². The monoisotopic (exact) mass is 481 g/mol. The normalized spacial score (nSPS) is 10.8. The van der Waals surface area contributed by atoms with Crippen LogP contribution in [0.2, 0.25) is 0 Å². The van der Waals surface area contributed by atoms with Crippen molar-refractivity contribution in [3.8, 4) is 10.4 Å². The average Bonchev–Trinajstić information content (AvgIpc) is 3.44. The minimum atomic E-state index is -0.428. The fourth-order valence-corrected chi connectivity index (χ4v) is 5.22. The van der Waals surface area contributed by atoms with Crippen LogP contribution in [0.4, 0.5) is 4.39 Å². The molecule has 2 amide bonds. The van der Waals surface area contributed by atoms with Crippen molar-refractivity contribution in [3.63, 3.8) is 0 Å². The largest absolute Gasteiger partial charge is 0.361 e. The van der Waals surface area contributed by atoms with Gasteiger partial charge in [0.05, 0.1) is 16.1 Å². The van der Waals surface area contributed by atoms with Gasteiger partial charge in [-0.05, 0) is 55.8 Å². The van der Waals surface area contributed by atoms with Crippen molar-refractivity contribution >= 4 is 34.9 Å². The highest BCUT2D eigenvalue weighted by Gasteiger charge is 2.16. The van der Waals surface area contributed by atoms with E-state index >= 15 is 0 Å². The zero-order valence-corrected chi connectivity index (χ0v) is 19.5. The van der Waals surface area contributed by atoms with Crippen molar-refractivity contribution in [2.75, 3.05) is 0 Å². The summed E-state index contributed by atoms with van der Waals surface area (Å²) in [6.45, 7) is 3.74. The molecule has 0 radical (unpaired) electrons. The van der Waals surface area contributed by atoms with E-state index in [2.05, 4.69) is 16.0 Å². The number of rotatable bonds is 6. The molecule has 9 heteroatoms. The van der Waals surface area contributed by atoms with Crippen LogP contribution in [0, 0.1) is 19.7 Å². The van der Waals surface area contributed by atoms with Crippen molar-refractivity contribution in [3.05, 3.63) is 93.9 Å². The Balaban J connectivity index is 1.39. The van der Waals surface area contributed by atoms with Crippen LogP contribution < -0.4 is 10.9 Å². The van der Waals surface area contributed by atoms with Crippen LogP contribution in [0.1, 0.15) is 37.0 Å². The Morgan fingerprint density at radius 3 is 2.45 bits per heavy atom. The fourth-order valence-electron chi connectivity index (χ4n) is 3.11. The number of hydrogen-bond donors (Lipinski definition) is 2.